The number of Topliss-reactive ketones (excluding diaryl/α,β-unsaturated/α-hetero) is 1. The first-order chi connectivity index (χ1) is 15.0. The molecule has 4 rings (SSSR count). The van der Waals surface area contributed by atoms with Crippen molar-refractivity contribution in [3.63, 3.8) is 0 Å². The van der Waals surface area contributed by atoms with E-state index in [1.165, 1.54) is 12.4 Å². The zero-order valence-corrected chi connectivity index (χ0v) is 16.3. The van der Waals surface area contributed by atoms with Crippen LogP contribution in [0.5, 0.6) is 0 Å². The van der Waals surface area contributed by atoms with Crippen molar-refractivity contribution in [2.45, 2.75) is 18.9 Å². The quantitative estimate of drug-likeness (QED) is 0.639. The summed E-state index contributed by atoms with van der Waals surface area (Å²) < 4.78 is 28.4. The predicted molar refractivity (Wildman–Crippen MR) is 110 cm³/mol. The van der Waals surface area contributed by atoms with Gasteiger partial charge in [0.05, 0.1) is 17.3 Å². The average Bonchev–Trinajstić information content (AvgIpc) is 3.06. The smallest absolute Gasteiger partial charge is 0.294 e. The number of amides is 1. The van der Waals surface area contributed by atoms with E-state index in [9.17, 15) is 23.5 Å². The van der Waals surface area contributed by atoms with Gasteiger partial charge in [0.2, 0.25) is 0 Å². The third-order valence-corrected chi connectivity index (χ3v) is 5.18. The number of hydrogen-bond donors (Lipinski definition) is 1. The average molecular weight is 420 g/mol. The van der Waals surface area contributed by atoms with Crippen LogP contribution in [0.1, 0.15) is 23.6 Å². The van der Waals surface area contributed by atoms with Crippen molar-refractivity contribution in [3.05, 3.63) is 107 Å². The molecular formula is C24H18F2N2O3. The van der Waals surface area contributed by atoms with E-state index >= 15 is 0 Å². The topological polar surface area (TPSA) is 70.5 Å². The first-order valence-electron chi connectivity index (χ1n) is 9.66. The normalized spacial score (nSPS) is 16.1. The van der Waals surface area contributed by atoms with E-state index in [0.29, 0.717) is 12.0 Å². The van der Waals surface area contributed by atoms with Gasteiger partial charge in [0.25, 0.3) is 5.91 Å². The molecule has 156 valence electrons. The third kappa shape index (κ3) is 3.94. The Kier molecular flexibility index (Phi) is 5.58. The Bertz CT molecular complexity index is 1160. The van der Waals surface area contributed by atoms with Crippen LogP contribution in [0, 0.1) is 11.6 Å². The van der Waals surface area contributed by atoms with Gasteiger partial charge >= 0.3 is 0 Å². The summed E-state index contributed by atoms with van der Waals surface area (Å²) in [7, 11) is 0. The van der Waals surface area contributed by atoms with Gasteiger partial charge in [-0.05, 0) is 41.8 Å². The second-order valence-electron chi connectivity index (χ2n) is 7.13. The van der Waals surface area contributed by atoms with Crippen LogP contribution in [0.4, 0.5) is 14.5 Å². The molecule has 0 saturated carbocycles. The monoisotopic (exact) mass is 420 g/mol. The summed E-state index contributed by atoms with van der Waals surface area (Å²) in [4.78, 5) is 30.9. The predicted octanol–water partition coefficient (Wildman–Crippen LogP) is 4.46. The number of aromatic nitrogens is 1. The van der Waals surface area contributed by atoms with Crippen LogP contribution in [-0.4, -0.2) is 21.8 Å². The molecule has 5 nitrogen and oxygen atoms in total. The summed E-state index contributed by atoms with van der Waals surface area (Å²) >= 11 is 0. The van der Waals surface area contributed by atoms with Crippen molar-refractivity contribution in [2.24, 2.45) is 0 Å². The number of aliphatic hydroxyl groups is 1. The highest BCUT2D eigenvalue weighted by molar-refractivity contribution is 6.16. The summed E-state index contributed by atoms with van der Waals surface area (Å²) in [6.45, 7) is 0. The number of carbonyl (C=O) groups excluding carboxylic acids is 2. The van der Waals surface area contributed by atoms with E-state index in [-0.39, 0.29) is 17.7 Å². The van der Waals surface area contributed by atoms with Crippen LogP contribution < -0.4 is 4.90 Å². The van der Waals surface area contributed by atoms with Crippen molar-refractivity contribution < 1.29 is 23.5 Å². The lowest BCUT2D eigenvalue weighted by Crippen LogP contribution is -2.32. The number of aliphatic hydroxyl groups excluding tert-OH is 1. The van der Waals surface area contributed by atoms with Gasteiger partial charge in [0.1, 0.15) is 11.6 Å². The molecule has 1 N–H and O–H groups in total. The largest absolute Gasteiger partial charge is 0.503 e. The molecule has 3 aromatic rings. The van der Waals surface area contributed by atoms with Crippen molar-refractivity contribution in [1.82, 2.24) is 4.98 Å². The molecule has 0 bridgehead atoms. The minimum atomic E-state index is -1.10. The molecule has 0 spiro atoms. The highest BCUT2D eigenvalue weighted by Crippen LogP contribution is 2.42. The standard InChI is InChI=1S/C24H18F2N2O3/c25-17-7-8-18(26)19(14-17)28-22(16-10-12-27-13-11-16)21(23(30)24(28)31)20(29)9-6-15-4-2-1-3-5-15/h1-5,7-8,10-14,22,30H,6,9H2. The molecule has 0 fully saturated rings. The fourth-order valence-corrected chi connectivity index (χ4v) is 3.71. The number of ketones is 1. The highest BCUT2D eigenvalue weighted by Gasteiger charge is 2.45. The zero-order valence-electron chi connectivity index (χ0n) is 16.3. The Morgan fingerprint density at radius 3 is 2.45 bits per heavy atom. The molecule has 1 atom stereocenters. The summed E-state index contributed by atoms with van der Waals surface area (Å²) in [5.41, 5.74) is 0.868. The number of hydrogen-bond acceptors (Lipinski definition) is 4. The number of benzene rings is 2. The Hall–Kier alpha value is -3.87. The second kappa shape index (κ2) is 8.47. The fraction of sp³-hybridized carbons (Fsp3) is 0.125. The van der Waals surface area contributed by atoms with Crippen LogP contribution in [0.3, 0.4) is 0 Å². The van der Waals surface area contributed by atoms with Gasteiger partial charge in [0, 0.05) is 24.9 Å². The highest BCUT2D eigenvalue weighted by atomic mass is 19.1. The van der Waals surface area contributed by atoms with Gasteiger partial charge in [-0.2, -0.15) is 0 Å². The van der Waals surface area contributed by atoms with Gasteiger partial charge in [-0.1, -0.05) is 30.3 Å². The molecule has 2 heterocycles. The van der Waals surface area contributed by atoms with Crippen LogP contribution >= 0.6 is 0 Å². The molecule has 1 amide bonds. The molecule has 0 saturated heterocycles. The van der Waals surface area contributed by atoms with E-state index in [1.54, 1.807) is 12.1 Å². The maximum Gasteiger partial charge on any atom is 0.294 e. The fourth-order valence-electron chi connectivity index (χ4n) is 3.71. The SMILES string of the molecule is O=C(CCc1ccccc1)C1=C(O)C(=O)N(c2cc(F)ccc2F)C1c1ccncc1. The molecular weight excluding hydrogens is 402 g/mol. The number of carbonyl (C=O) groups is 2. The van der Waals surface area contributed by atoms with Gasteiger partial charge in [0.15, 0.2) is 11.5 Å². The molecule has 31 heavy (non-hydrogen) atoms. The summed E-state index contributed by atoms with van der Waals surface area (Å²) in [5, 5.41) is 10.6. The third-order valence-electron chi connectivity index (χ3n) is 5.18. The number of pyridine rings is 1. The molecule has 1 unspecified atom stereocenters. The Labute approximate surface area is 177 Å². The lowest BCUT2D eigenvalue weighted by molar-refractivity contribution is -0.118. The summed E-state index contributed by atoms with van der Waals surface area (Å²) in [6, 6.07) is 14.0. The summed E-state index contributed by atoms with van der Waals surface area (Å²) in [6.07, 6.45) is 3.36. The van der Waals surface area contributed by atoms with Crippen LogP contribution in [-0.2, 0) is 16.0 Å². The van der Waals surface area contributed by atoms with Crippen molar-refractivity contribution >= 4 is 17.4 Å². The van der Waals surface area contributed by atoms with E-state index in [2.05, 4.69) is 4.98 Å². The number of halogens is 2. The zero-order chi connectivity index (χ0) is 22.0. The lowest BCUT2D eigenvalue weighted by Gasteiger charge is -2.27. The maximum absolute atomic E-state index is 14.6. The molecule has 0 aliphatic carbocycles. The minimum absolute atomic E-state index is 0.0394. The molecule has 0 radical (unpaired) electrons. The maximum atomic E-state index is 14.6. The minimum Gasteiger partial charge on any atom is -0.503 e. The molecule has 7 heteroatoms. The van der Waals surface area contributed by atoms with E-state index in [1.807, 2.05) is 30.3 Å². The van der Waals surface area contributed by atoms with Gasteiger partial charge in [-0.3, -0.25) is 19.5 Å². The van der Waals surface area contributed by atoms with Gasteiger partial charge < -0.3 is 5.11 Å². The first-order valence-corrected chi connectivity index (χ1v) is 9.66. The number of anilines is 1. The number of rotatable bonds is 6. The van der Waals surface area contributed by atoms with Crippen LogP contribution in [0.2, 0.25) is 0 Å². The second-order valence-corrected chi connectivity index (χ2v) is 7.13. The molecule has 1 aliphatic rings. The van der Waals surface area contributed by atoms with Crippen LogP contribution in [0.15, 0.2) is 84.4 Å². The Morgan fingerprint density at radius 1 is 1.03 bits per heavy atom. The van der Waals surface area contributed by atoms with Crippen LogP contribution in [0.25, 0.3) is 0 Å². The lowest BCUT2D eigenvalue weighted by atomic mass is 9.93. The van der Waals surface area contributed by atoms with Crippen molar-refractivity contribution in [1.29, 1.82) is 0 Å². The van der Waals surface area contributed by atoms with E-state index < -0.39 is 35.1 Å². The molecule has 2 aromatic carbocycles. The first kappa shape index (κ1) is 20.4. The Balaban J connectivity index is 1.75. The van der Waals surface area contributed by atoms with E-state index in [0.717, 1.165) is 28.7 Å². The van der Waals surface area contributed by atoms with Gasteiger partial charge in [-0.15, -0.1) is 0 Å². The Morgan fingerprint density at radius 2 is 1.74 bits per heavy atom. The van der Waals surface area contributed by atoms with E-state index in [4.69, 9.17) is 0 Å². The van der Waals surface area contributed by atoms with Crippen molar-refractivity contribution in [2.75, 3.05) is 4.90 Å². The summed E-state index contributed by atoms with van der Waals surface area (Å²) in [5.74, 6) is -3.77. The molecule has 1 aromatic heterocycles. The molecule has 1 aliphatic heterocycles. The number of aryl methyl sites for hydroxylation is 1. The van der Waals surface area contributed by atoms with Crippen molar-refractivity contribution in [3.8, 4) is 0 Å². The number of nitrogens with zero attached hydrogens (tertiary/aromatic N) is 2. The van der Waals surface area contributed by atoms with Gasteiger partial charge in [-0.25, -0.2) is 8.78 Å².